The number of urea groups is 1. The molecule has 0 bridgehead atoms. The third kappa shape index (κ3) is 6.65. The predicted octanol–water partition coefficient (Wildman–Crippen LogP) is 3.32. The Hall–Kier alpha value is -2.00. The second kappa shape index (κ2) is 12.5. The molecule has 3 fully saturated rings. The van der Waals surface area contributed by atoms with E-state index in [1.807, 2.05) is 25.1 Å². The highest BCUT2D eigenvalue weighted by atomic mass is 16.7. The van der Waals surface area contributed by atoms with Crippen molar-refractivity contribution in [1.29, 1.82) is 0 Å². The van der Waals surface area contributed by atoms with Crippen LogP contribution in [0.25, 0.3) is 0 Å². The molecular formula is C28H44N4O4. The van der Waals surface area contributed by atoms with Gasteiger partial charge in [0.25, 0.3) is 0 Å². The molecule has 3 atom stereocenters. The Kier molecular flexibility index (Phi) is 9.39. The maximum atomic E-state index is 13.9. The summed E-state index contributed by atoms with van der Waals surface area (Å²) in [5.74, 6) is -0.457. The normalized spacial score (nSPS) is 25.6. The number of carbonyl (C=O) groups excluding carboxylic acids is 2. The number of rotatable bonds is 9. The van der Waals surface area contributed by atoms with Gasteiger partial charge in [0.05, 0.1) is 19.1 Å². The van der Waals surface area contributed by atoms with Crippen LogP contribution in [0.4, 0.5) is 4.79 Å². The number of nitrogens with one attached hydrogen (secondary N) is 1. The number of piperidine rings is 1. The highest BCUT2D eigenvalue weighted by molar-refractivity contribution is 5.95. The average Bonchev–Trinajstić information content (AvgIpc) is 3.31. The van der Waals surface area contributed by atoms with Crippen LogP contribution >= 0.6 is 0 Å². The Balaban J connectivity index is 1.51. The van der Waals surface area contributed by atoms with Gasteiger partial charge in [-0.15, -0.1) is 0 Å². The molecule has 1 aromatic carbocycles. The van der Waals surface area contributed by atoms with E-state index in [1.165, 1.54) is 10.5 Å². The lowest BCUT2D eigenvalue weighted by molar-refractivity contribution is -0.204. The van der Waals surface area contributed by atoms with Gasteiger partial charge in [0.2, 0.25) is 5.91 Å². The van der Waals surface area contributed by atoms with Gasteiger partial charge in [0, 0.05) is 51.6 Å². The summed E-state index contributed by atoms with van der Waals surface area (Å²) in [7, 11) is 3.95. The number of hydrogen-bond donors (Lipinski definition) is 1. The molecule has 2 saturated heterocycles. The quantitative estimate of drug-likeness (QED) is 0.561. The predicted molar refractivity (Wildman–Crippen MR) is 139 cm³/mol. The van der Waals surface area contributed by atoms with Crippen molar-refractivity contribution in [2.45, 2.75) is 63.8 Å². The molecule has 4 rings (SSSR count). The molecule has 1 N–H and O–H groups in total. The zero-order valence-electron chi connectivity index (χ0n) is 22.3. The molecule has 2 aliphatic heterocycles. The van der Waals surface area contributed by atoms with E-state index in [1.54, 1.807) is 0 Å². The average molecular weight is 501 g/mol. The Morgan fingerprint density at radius 1 is 1.14 bits per heavy atom. The Labute approximate surface area is 216 Å². The Morgan fingerprint density at radius 3 is 2.58 bits per heavy atom. The smallest absolute Gasteiger partial charge is 0.324 e. The molecule has 200 valence electrons. The van der Waals surface area contributed by atoms with Crippen molar-refractivity contribution in [3.63, 3.8) is 0 Å². The van der Waals surface area contributed by atoms with Gasteiger partial charge in [-0.25, -0.2) is 4.79 Å². The third-order valence-corrected chi connectivity index (χ3v) is 7.92. The number of nitrogens with zero attached hydrogens (tertiary/aromatic N) is 3. The van der Waals surface area contributed by atoms with E-state index in [0.29, 0.717) is 44.8 Å². The lowest BCUT2D eigenvalue weighted by Gasteiger charge is -2.50. The van der Waals surface area contributed by atoms with Crippen LogP contribution in [0.15, 0.2) is 30.3 Å². The number of likely N-dealkylation sites (N-methyl/N-ethyl adjacent to an activating group) is 1. The van der Waals surface area contributed by atoms with E-state index < -0.39 is 5.79 Å². The Bertz CT molecular complexity index is 858. The molecule has 1 aromatic rings. The second-order valence-corrected chi connectivity index (χ2v) is 10.9. The molecule has 1 aliphatic carbocycles. The van der Waals surface area contributed by atoms with Crippen molar-refractivity contribution in [3.8, 4) is 0 Å². The molecule has 3 aliphatic rings. The van der Waals surface area contributed by atoms with Gasteiger partial charge in [0.15, 0.2) is 5.79 Å². The number of unbranched alkanes of at least 4 members (excludes halogenated alkanes) is 1. The van der Waals surface area contributed by atoms with Crippen LogP contribution < -0.4 is 5.32 Å². The largest absolute Gasteiger partial charge is 0.348 e. The fourth-order valence-corrected chi connectivity index (χ4v) is 6.09. The minimum Gasteiger partial charge on any atom is -0.348 e. The topological polar surface area (TPSA) is 74.4 Å². The molecule has 0 unspecified atom stereocenters. The first-order valence-corrected chi connectivity index (χ1v) is 13.7. The maximum Gasteiger partial charge on any atom is 0.324 e. The standard InChI is InChI=1S/C28H44N4O4/c1-4-5-14-32(27(34)29-13-15-30(2)3)26(33)24-18-23-19-28(35-16-17-36-28)12-11-25(23)31(21-24)20-22-9-7-6-8-10-22/h6-10,23-25H,4-5,11-21H2,1-3H3,(H,29,34)/t23-,24-,25-/m1/s1. The molecule has 0 aromatic heterocycles. The summed E-state index contributed by atoms with van der Waals surface area (Å²) >= 11 is 0. The lowest BCUT2D eigenvalue weighted by Crippen LogP contribution is -2.58. The monoisotopic (exact) mass is 500 g/mol. The van der Waals surface area contributed by atoms with E-state index in [2.05, 4.69) is 41.4 Å². The van der Waals surface area contributed by atoms with Gasteiger partial charge < -0.3 is 19.7 Å². The van der Waals surface area contributed by atoms with E-state index in [4.69, 9.17) is 9.47 Å². The second-order valence-electron chi connectivity index (χ2n) is 10.9. The van der Waals surface area contributed by atoms with Crippen LogP contribution in [0.2, 0.25) is 0 Å². The van der Waals surface area contributed by atoms with Gasteiger partial charge in [-0.2, -0.15) is 0 Å². The van der Waals surface area contributed by atoms with Crippen LogP contribution in [0, 0.1) is 11.8 Å². The molecule has 8 heteroatoms. The summed E-state index contributed by atoms with van der Waals surface area (Å²) in [6, 6.07) is 10.6. The molecule has 0 radical (unpaired) electrons. The molecular weight excluding hydrogens is 456 g/mol. The van der Waals surface area contributed by atoms with Crippen LogP contribution in [-0.2, 0) is 20.8 Å². The first-order valence-electron chi connectivity index (χ1n) is 13.7. The van der Waals surface area contributed by atoms with E-state index in [-0.39, 0.29) is 17.9 Å². The van der Waals surface area contributed by atoms with E-state index >= 15 is 0 Å². The summed E-state index contributed by atoms with van der Waals surface area (Å²) in [6.07, 6.45) is 5.23. The summed E-state index contributed by atoms with van der Waals surface area (Å²) in [5, 5.41) is 2.96. The number of imide groups is 1. The van der Waals surface area contributed by atoms with Crippen molar-refractivity contribution in [3.05, 3.63) is 35.9 Å². The molecule has 2 heterocycles. The number of hydrogen-bond acceptors (Lipinski definition) is 6. The van der Waals surface area contributed by atoms with Gasteiger partial charge in [-0.3, -0.25) is 14.6 Å². The minimum atomic E-state index is -0.490. The van der Waals surface area contributed by atoms with E-state index in [0.717, 1.165) is 51.6 Å². The highest BCUT2D eigenvalue weighted by Gasteiger charge is 2.50. The zero-order chi connectivity index (χ0) is 25.5. The fourth-order valence-electron chi connectivity index (χ4n) is 6.09. The number of fused-ring (bicyclic) bond motifs is 1. The number of likely N-dealkylation sites (tertiary alicyclic amines) is 1. The SMILES string of the molecule is CCCCN(C(=O)NCCN(C)C)C(=O)[C@@H]1C[C@@H]2CC3(CC[C@H]2N(Cc2ccccc2)C1)OCCO3. The van der Waals surface area contributed by atoms with Crippen molar-refractivity contribution < 1.29 is 19.1 Å². The van der Waals surface area contributed by atoms with E-state index in [9.17, 15) is 9.59 Å². The van der Waals surface area contributed by atoms with Gasteiger partial charge in [0.1, 0.15) is 0 Å². The highest BCUT2D eigenvalue weighted by Crippen LogP contribution is 2.46. The summed E-state index contributed by atoms with van der Waals surface area (Å²) in [4.78, 5) is 33.0. The first kappa shape index (κ1) is 27.0. The fraction of sp³-hybridized carbons (Fsp3) is 0.714. The van der Waals surface area contributed by atoms with Crippen LogP contribution in [0.5, 0.6) is 0 Å². The maximum absolute atomic E-state index is 13.9. The summed E-state index contributed by atoms with van der Waals surface area (Å²) < 4.78 is 12.2. The first-order chi connectivity index (χ1) is 17.4. The summed E-state index contributed by atoms with van der Waals surface area (Å²) in [5.41, 5.74) is 1.25. The molecule has 36 heavy (non-hydrogen) atoms. The molecule has 8 nitrogen and oxygen atoms in total. The van der Waals surface area contributed by atoms with Crippen molar-refractivity contribution in [2.75, 3.05) is 53.5 Å². The van der Waals surface area contributed by atoms with Crippen molar-refractivity contribution in [2.24, 2.45) is 11.8 Å². The van der Waals surface area contributed by atoms with Crippen molar-refractivity contribution in [1.82, 2.24) is 20.0 Å². The van der Waals surface area contributed by atoms with Crippen molar-refractivity contribution >= 4 is 11.9 Å². The lowest BCUT2D eigenvalue weighted by atomic mass is 9.72. The number of carbonyl (C=O) groups is 2. The Morgan fingerprint density at radius 2 is 1.89 bits per heavy atom. The molecule has 3 amide bonds. The zero-order valence-corrected chi connectivity index (χ0v) is 22.3. The number of ether oxygens (including phenoxy) is 2. The summed E-state index contributed by atoms with van der Waals surface area (Å²) in [6.45, 7) is 6.58. The van der Waals surface area contributed by atoms with Crippen LogP contribution in [0.3, 0.4) is 0 Å². The molecule has 1 saturated carbocycles. The minimum absolute atomic E-state index is 0.0461. The van der Waals surface area contributed by atoms with Gasteiger partial charge in [-0.1, -0.05) is 43.7 Å². The molecule has 1 spiro atoms. The van der Waals surface area contributed by atoms with Crippen LogP contribution in [-0.4, -0.2) is 92.0 Å². The third-order valence-electron chi connectivity index (χ3n) is 7.92. The van der Waals surface area contributed by atoms with Gasteiger partial charge in [-0.05, 0) is 44.8 Å². The number of benzene rings is 1. The van der Waals surface area contributed by atoms with Gasteiger partial charge >= 0.3 is 6.03 Å². The number of amides is 3. The van der Waals surface area contributed by atoms with Crippen LogP contribution in [0.1, 0.15) is 51.0 Å².